The maximum Gasteiger partial charge on any atom is 0.267 e. The first-order valence-electron chi connectivity index (χ1n) is 7.43. The van der Waals surface area contributed by atoms with Crippen LogP contribution < -0.4 is 10.6 Å². The standard InChI is InChI=1S/C18H16BrClN2O3/c19-14-5-3-13(4-6-14)17(24)22-16(18(25)21-9-10-23)11-12-1-7-15(20)8-2-12/h1-8,11,23H,9-10H2,(H,21,25)(H,22,24)/b16-11+. The smallest absolute Gasteiger partial charge is 0.267 e. The molecule has 0 aliphatic carbocycles. The molecule has 2 aromatic rings. The first-order chi connectivity index (χ1) is 12.0. The Labute approximate surface area is 158 Å². The molecular weight excluding hydrogens is 408 g/mol. The molecular formula is C18H16BrClN2O3. The van der Waals surface area contributed by atoms with E-state index in [-0.39, 0.29) is 18.8 Å². The number of benzene rings is 2. The largest absolute Gasteiger partial charge is 0.395 e. The van der Waals surface area contributed by atoms with Crippen LogP contribution in [0.2, 0.25) is 5.02 Å². The van der Waals surface area contributed by atoms with Crippen molar-refractivity contribution in [2.75, 3.05) is 13.2 Å². The molecule has 0 atom stereocenters. The summed E-state index contributed by atoms with van der Waals surface area (Å²) in [6.07, 6.45) is 1.54. The molecule has 0 spiro atoms. The molecule has 0 saturated carbocycles. The van der Waals surface area contributed by atoms with Gasteiger partial charge in [0.1, 0.15) is 5.70 Å². The highest BCUT2D eigenvalue weighted by Gasteiger charge is 2.14. The lowest BCUT2D eigenvalue weighted by molar-refractivity contribution is -0.117. The molecule has 0 radical (unpaired) electrons. The third-order valence-corrected chi connectivity index (χ3v) is 3.96. The first kappa shape index (κ1) is 19.2. The number of aliphatic hydroxyl groups is 1. The normalized spacial score (nSPS) is 11.1. The van der Waals surface area contributed by atoms with Gasteiger partial charge in [0.05, 0.1) is 6.61 Å². The number of hydrogen-bond donors (Lipinski definition) is 3. The van der Waals surface area contributed by atoms with E-state index in [4.69, 9.17) is 16.7 Å². The molecule has 0 unspecified atom stereocenters. The van der Waals surface area contributed by atoms with Gasteiger partial charge < -0.3 is 15.7 Å². The number of nitrogens with one attached hydrogen (secondary N) is 2. The van der Waals surface area contributed by atoms with E-state index >= 15 is 0 Å². The summed E-state index contributed by atoms with van der Waals surface area (Å²) >= 11 is 9.16. The topological polar surface area (TPSA) is 78.4 Å². The molecule has 0 heterocycles. The van der Waals surface area contributed by atoms with Crippen LogP contribution in [0.1, 0.15) is 15.9 Å². The summed E-state index contributed by atoms with van der Waals surface area (Å²) in [4.78, 5) is 24.6. The van der Waals surface area contributed by atoms with Crippen LogP contribution in [0.25, 0.3) is 6.08 Å². The maximum atomic E-state index is 12.4. The summed E-state index contributed by atoms with van der Waals surface area (Å²) in [5.74, 6) is -0.902. The van der Waals surface area contributed by atoms with Crippen molar-refractivity contribution >= 4 is 45.4 Å². The van der Waals surface area contributed by atoms with Crippen LogP contribution in [0.3, 0.4) is 0 Å². The van der Waals surface area contributed by atoms with E-state index in [2.05, 4.69) is 26.6 Å². The monoisotopic (exact) mass is 422 g/mol. The minimum absolute atomic E-state index is 0.0729. The van der Waals surface area contributed by atoms with Crippen LogP contribution in [0.15, 0.2) is 58.7 Å². The van der Waals surface area contributed by atoms with Crippen molar-refractivity contribution in [3.8, 4) is 0 Å². The first-order valence-corrected chi connectivity index (χ1v) is 8.60. The van der Waals surface area contributed by atoms with E-state index in [1.807, 2.05) is 0 Å². The van der Waals surface area contributed by atoms with Crippen LogP contribution in [-0.4, -0.2) is 30.1 Å². The summed E-state index contributed by atoms with van der Waals surface area (Å²) in [5, 5.41) is 14.6. The van der Waals surface area contributed by atoms with Crippen LogP contribution in [-0.2, 0) is 4.79 Å². The molecule has 3 N–H and O–H groups in total. The Bertz CT molecular complexity index is 774. The highest BCUT2D eigenvalue weighted by Crippen LogP contribution is 2.13. The summed E-state index contributed by atoms with van der Waals surface area (Å²) in [7, 11) is 0. The lowest BCUT2D eigenvalue weighted by atomic mass is 10.1. The molecule has 7 heteroatoms. The molecule has 2 aromatic carbocycles. The Morgan fingerprint density at radius 3 is 2.32 bits per heavy atom. The molecule has 5 nitrogen and oxygen atoms in total. The molecule has 0 bridgehead atoms. The second-order valence-electron chi connectivity index (χ2n) is 5.05. The van der Waals surface area contributed by atoms with Crippen molar-refractivity contribution < 1.29 is 14.7 Å². The van der Waals surface area contributed by atoms with E-state index in [1.54, 1.807) is 54.6 Å². The van der Waals surface area contributed by atoms with Crippen molar-refractivity contribution in [3.63, 3.8) is 0 Å². The fourth-order valence-electron chi connectivity index (χ4n) is 1.94. The lowest BCUT2D eigenvalue weighted by Crippen LogP contribution is -2.36. The number of carbonyl (C=O) groups is 2. The highest BCUT2D eigenvalue weighted by molar-refractivity contribution is 9.10. The molecule has 0 saturated heterocycles. The van der Waals surface area contributed by atoms with Gasteiger partial charge in [0, 0.05) is 21.6 Å². The third kappa shape index (κ3) is 6.01. The van der Waals surface area contributed by atoms with Gasteiger partial charge in [-0.3, -0.25) is 9.59 Å². The fourth-order valence-corrected chi connectivity index (χ4v) is 2.33. The summed E-state index contributed by atoms with van der Waals surface area (Å²) in [5.41, 5.74) is 1.19. The van der Waals surface area contributed by atoms with Crippen molar-refractivity contribution in [3.05, 3.63) is 74.9 Å². The van der Waals surface area contributed by atoms with Crippen molar-refractivity contribution in [1.82, 2.24) is 10.6 Å². The molecule has 0 aromatic heterocycles. The van der Waals surface area contributed by atoms with Crippen molar-refractivity contribution in [2.24, 2.45) is 0 Å². The lowest BCUT2D eigenvalue weighted by Gasteiger charge is -2.11. The van der Waals surface area contributed by atoms with Crippen LogP contribution in [0.5, 0.6) is 0 Å². The Morgan fingerprint density at radius 1 is 1.08 bits per heavy atom. The fraction of sp³-hybridized carbons (Fsp3) is 0.111. The van der Waals surface area contributed by atoms with Gasteiger partial charge >= 0.3 is 0 Å². The molecule has 0 fully saturated rings. The zero-order valence-corrected chi connectivity index (χ0v) is 15.5. The zero-order valence-electron chi connectivity index (χ0n) is 13.1. The Balaban J connectivity index is 2.24. The number of rotatable bonds is 6. The minimum Gasteiger partial charge on any atom is -0.395 e. The number of halogens is 2. The third-order valence-electron chi connectivity index (χ3n) is 3.18. The van der Waals surface area contributed by atoms with E-state index in [1.165, 1.54) is 0 Å². The average Bonchev–Trinajstić information content (AvgIpc) is 2.61. The van der Waals surface area contributed by atoms with E-state index in [0.29, 0.717) is 16.1 Å². The van der Waals surface area contributed by atoms with E-state index in [9.17, 15) is 9.59 Å². The summed E-state index contributed by atoms with van der Waals surface area (Å²) < 4.78 is 0.849. The van der Waals surface area contributed by atoms with E-state index in [0.717, 1.165) is 4.47 Å². The van der Waals surface area contributed by atoms with Gasteiger partial charge in [-0.15, -0.1) is 0 Å². The van der Waals surface area contributed by atoms with Crippen LogP contribution in [0.4, 0.5) is 0 Å². The predicted octanol–water partition coefficient (Wildman–Crippen LogP) is 2.98. The molecule has 130 valence electrons. The van der Waals surface area contributed by atoms with E-state index < -0.39 is 11.8 Å². The Kier molecular flexibility index (Phi) is 7.18. The second-order valence-corrected chi connectivity index (χ2v) is 6.40. The van der Waals surface area contributed by atoms with Gasteiger partial charge in [-0.25, -0.2) is 0 Å². The SMILES string of the molecule is O=C(NCCO)/C(=C\c1ccc(Cl)cc1)NC(=O)c1ccc(Br)cc1. The molecule has 0 aliphatic heterocycles. The van der Waals surface area contributed by atoms with Gasteiger partial charge in [0.15, 0.2) is 0 Å². The van der Waals surface area contributed by atoms with Crippen molar-refractivity contribution in [1.29, 1.82) is 0 Å². The molecule has 25 heavy (non-hydrogen) atoms. The van der Waals surface area contributed by atoms with Crippen LogP contribution >= 0.6 is 27.5 Å². The Morgan fingerprint density at radius 2 is 1.72 bits per heavy atom. The van der Waals surface area contributed by atoms with Gasteiger partial charge in [-0.1, -0.05) is 39.7 Å². The number of hydrogen-bond acceptors (Lipinski definition) is 3. The quantitative estimate of drug-likeness (QED) is 0.625. The number of aliphatic hydroxyl groups excluding tert-OH is 1. The predicted molar refractivity (Wildman–Crippen MR) is 101 cm³/mol. The van der Waals surface area contributed by atoms with Gasteiger partial charge in [-0.2, -0.15) is 0 Å². The highest BCUT2D eigenvalue weighted by atomic mass is 79.9. The number of amides is 2. The second kappa shape index (κ2) is 9.36. The van der Waals surface area contributed by atoms with Crippen molar-refractivity contribution in [2.45, 2.75) is 0 Å². The summed E-state index contributed by atoms with van der Waals surface area (Å²) in [6.45, 7) is -0.106. The Hall–Kier alpha value is -2.15. The maximum absolute atomic E-state index is 12.4. The van der Waals surface area contributed by atoms with Gasteiger partial charge in [-0.05, 0) is 48.0 Å². The average molecular weight is 424 g/mol. The zero-order chi connectivity index (χ0) is 18.2. The molecule has 2 rings (SSSR count). The van der Waals surface area contributed by atoms with Gasteiger partial charge in [0.25, 0.3) is 11.8 Å². The molecule has 2 amide bonds. The minimum atomic E-state index is -0.491. The van der Waals surface area contributed by atoms with Crippen LogP contribution in [0, 0.1) is 0 Å². The number of carbonyl (C=O) groups excluding carboxylic acids is 2. The summed E-state index contributed by atoms with van der Waals surface area (Å²) in [6, 6.07) is 13.6. The molecule has 0 aliphatic rings. The van der Waals surface area contributed by atoms with Gasteiger partial charge in [0.2, 0.25) is 0 Å².